The SMILES string of the molecule is NCCc1cn(CCCCC(=O)O)c2ccc(-c3cccc4c3oc3ccccc34)cc12. The predicted octanol–water partition coefficient (Wildman–Crippen LogP) is 5.96. The molecule has 2 heterocycles. The van der Waals surface area contributed by atoms with E-state index in [4.69, 9.17) is 15.3 Å². The minimum absolute atomic E-state index is 0.209. The average Bonchev–Trinajstić information content (AvgIpc) is 3.35. The number of benzene rings is 3. The lowest BCUT2D eigenvalue weighted by Crippen LogP contribution is -2.02. The molecule has 0 radical (unpaired) electrons. The van der Waals surface area contributed by atoms with Gasteiger partial charge >= 0.3 is 5.97 Å². The van der Waals surface area contributed by atoms with Gasteiger partial charge in [0.2, 0.25) is 0 Å². The molecule has 0 bridgehead atoms. The van der Waals surface area contributed by atoms with E-state index < -0.39 is 5.97 Å². The summed E-state index contributed by atoms with van der Waals surface area (Å²) in [7, 11) is 0. The second-order valence-electron chi connectivity index (χ2n) is 8.25. The van der Waals surface area contributed by atoms with Crippen LogP contribution in [0.1, 0.15) is 24.8 Å². The van der Waals surface area contributed by atoms with Gasteiger partial charge in [0.1, 0.15) is 11.2 Å². The maximum atomic E-state index is 10.8. The Morgan fingerprint density at radius 1 is 0.969 bits per heavy atom. The Morgan fingerprint density at radius 3 is 2.66 bits per heavy atom. The Balaban J connectivity index is 1.57. The minimum atomic E-state index is -0.740. The molecule has 5 rings (SSSR count). The quantitative estimate of drug-likeness (QED) is 0.300. The number of aromatic nitrogens is 1. The van der Waals surface area contributed by atoms with E-state index in [1.54, 1.807) is 0 Å². The third-order valence-corrected chi connectivity index (χ3v) is 6.13. The van der Waals surface area contributed by atoms with E-state index in [0.717, 1.165) is 58.0 Å². The molecule has 2 aromatic heterocycles. The molecule has 5 heteroatoms. The molecule has 3 aromatic carbocycles. The van der Waals surface area contributed by atoms with Gasteiger partial charge in [-0.1, -0.05) is 42.5 Å². The zero-order valence-electron chi connectivity index (χ0n) is 17.9. The summed E-state index contributed by atoms with van der Waals surface area (Å²) in [5.74, 6) is -0.740. The maximum absolute atomic E-state index is 10.8. The third kappa shape index (κ3) is 3.65. The monoisotopic (exact) mass is 426 g/mol. The Kier molecular flexibility index (Phi) is 5.41. The minimum Gasteiger partial charge on any atom is -0.481 e. The molecule has 0 atom stereocenters. The molecule has 0 spiro atoms. The largest absolute Gasteiger partial charge is 0.481 e. The number of nitrogens with zero attached hydrogens (tertiary/aromatic N) is 1. The summed E-state index contributed by atoms with van der Waals surface area (Å²) < 4.78 is 8.47. The fourth-order valence-corrected chi connectivity index (χ4v) is 4.61. The molecule has 0 aliphatic heterocycles. The van der Waals surface area contributed by atoms with Crippen LogP contribution in [0.4, 0.5) is 0 Å². The Bertz CT molecular complexity index is 1430. The first kappa shape index (κ1) is 20.3. The number of furan rings is 1. The molecular formula is C27H26N2O3. The summed E-state index contributed by atoms with van der Waals surface area (Å²) in [6, 6.07) is 21.0. The highest BCUT2D eigenvalue weighted by atomic mass is 16.4. The smallest absolute Gasteiger partial charge is 0.303 e. The lowest BCUT2D eigenvalue weighted by Gasteiger charge is -2.07. The van der Waals surface area contributed by atoms with Crippen LogP contribution >= 0.6 is 0 Å². The Labute approximate surface area is 186 Å². The highest BCUT2D eigenvalue weighted by Gasteiger charge is 2.14. The van der Waals surface area contributed by atoms with E-state index in [2.05, 4.69) is 53.2 Å². The highest BCUT2D eigenvalue weighted by molar-refractivity contribution is 6.10. The van der Waals surface area contributed by atoms with Gasteiger partial charge in [-0.25, -0.2) is 0 Å². The third-order valence-electron chi connectivity index (χ3n) is 6.13. The van der Waals surface area contributed by atoms with Crippen molar-refractivity contribution in [2.24, 2.45) is 5.73 Å². The second kappa shape index (κ2) is 8.52. The van der Waals surface area contributed by atoms with Gasteiger partial charge in [0.25, 0.3) is 0 Å². The van der Waals surface area contributed by atoms with Crippen LogP contribution in [0.2, 0.25) is 0 Å². The van der Waals surface area contributed by atoms with E-state index in [0.29, 0.717) is 13.0 Å². The molecule has 5 aromatic rings. The van der Waals surface area contributed by atoms with Crippen molar-refractivity contribution >= 4 is 38.8 Å². The molecule has 0 saturated carbocycles. The van der Waals surface area contributed by atoms with Crippen LogP contribution < -0.4 is 5.73 Å². The van der Waals surface area contributed by atoms with Gasteiger partial charge < -0.3 is 19.8 Å². The van der Waals surface area contributed by atoms with Crippen molar-refractivity contribution < 1.29 is 14.3 Å². The molecule has 162 valence electrons. The van der Waals surface area contributed by atoms with Crippen LogP contribution in [0.5, 0.6) is 0 Å². The van der Waals surface area contributed by atoms with Gasteiger partial charge in [0, 0.05) is 46.4 Å². The van der Waals surface area contributed by atoms with Crippen LogP contribution in [0.25, 0.3) is 44.0 Å². The summed E-state index contributed by atoms with van der Waals surface area (Å²) in [5.41, 5.74) is 12.3. The van der Waals surface area contributed by atoms with Gasteiger partial charge in [-0.15, -0.1) is 0 Å². The van der Waals surface area contributed by atoms with Gasteiger partial charge in [-0.2, -0.15) is 0 Å². The van der Waals surface area contributed by atoms with Crippen LogP contribution in [-0.2, 0) is 17.8 Å². The van der Waals surface area contributed by atoms with Gasteiger partial charge in [0.15, 0.2) is 0 Å². The number of unbranched alkanes of at least 4 members (excludes halogenated alkanes) is 1. The van der Waals surface area contributed by atoms with E-state index in [-0.39, 0.29) is 6.42 Å². The summed E-state index contributed by atoms with van der Waals surface area (Å²) in [6.07, 6.45) is 4.69. The number of carboxylic acid groups (broad SMARTS) is 1. The van der Waals surface area contributed by atoms with E-state index >= 15 is 0 Å². The number of aryl methyl sites for hydroxylation is 1. The molecule has 0 saturated heterocycles. The number of nitrogens with two attached hydrogens (primary N) is 1. The van der Waals surface area contributed by atoms with Crippen molar-refractivity contribution in [2.45, 2.75) is 32.2 Å². The second-order valence-corrected chi connectivity index (χ2v) is 8.25. The number of rotatable bonds is 8. The number of aliphatic carboxylic acids is 1. The zero-order valence-corrected chi connectivity index (χ0v) is 17.9. The standard InChI is InChI=1S/C27H26N2O3/c28-14-13-19-17-29(15-4-3-10-26(30)31)24-12-11-18(16-23(19)24)20-7-5-8-22-21-6-1-2-9-25(21)32-27(20)22/h1-2,5-9,11-12,16-17H,3-4,10,13-15,28H2,(H,30,31). The van der Waals surface area contributed by atoms with E-state index in [1.807, 2.05) is 18.2 Å². The van der Waals surface area contributed by atoms with Crippen LogP contribution in [0, 0.1) is 0 Å². The molecule has 0 unspecified atom stereocenters. The zero-order chi connectivity index (χ0) is 22.1. The lowest BCUT2D eigenvalue weighted by molar-refractivity contribution is -0.137. The molecule has 0 fully saturated rings. The number of carboxylic acids is 1. The first-order valence-corrected chi connectivity index (χ1v) is 11.1. The topological polar surface area (TPSA) is 81.4 Å². The summed E-state index contributed by atoms with van der Waals surface area (Å²) in [4.78, 5) is 10.8. The maximum Gasteiger partial charge on any atom is 0.303 e. The van der Waals surface area contributed by atoms with Crippen molar-refractivity contribution in [1.29, 1.82) is 0 Å². The Morgan fingerprint density at radius 2 is 1.81 bits per heavy atom. The number of hydrogen-bond donors (Lipinski definition) is 2. The van der Waals surface area contributed by atoms with Crippen molar-refractivity contribution in [3.63, 3.8) is 0 Å². The van der Waals surface area contributed by atoms with Crippen LogP contribution in [0.15, 0.2) is 71.3 Å². The van der Waals surface area contributed by atoms with Gasteiger partial charge in [0.05, 0.1) is 0 Å². The summed E-state index contributed by atoms with van der Waals surface area (Å²) >= 11 is 0. The van der Waals surface area contributed by atoms with Crippen molar-refractivity contribution in [3.8, 4) is 11.1 Å². The van der Waals surface area contributed by atoms with Crippen molar-refractivity contribution in [1.82, 2.24) is 4.57 Å². The molecule has 0 aliphatic rings. The lowest BCUT2D eigenvalue weighted by atomic mass is 9.99. The fraction of sp³-hybridized carbons (Fsp3) is 0.222. The first-order chi connectivity index (χ1) is 15.7. The van der Waals surface area contributed by atoms with Gasteiger partial charge in [-0.05, 0) is 55.1 Å². The first-order valence-electron chi connectivity index (χ1n) is 11.1. The molecule has 5 nitrogen and oxygen atoms in total. The summed E-state index contributed by atoms with van der Waals surface area (Å²) in [5, 5.41) is 12.3. The van der Waals surface area contributed by atoms with E-state index in [1.165, 1.54) is 10.9 Å². The summed E-state index contributed by atoms with van der Waals surface area (Å²) in [6.45, 7) is 1.38. The molecule has 0 aliphatic carbocycles. The van der Waals surface area contributed by atoms with E-state index in [9.17, 15) is 4.79 Å². The molecule has 0 amide bonds. The van der Waals surface area contributed by atoms with Crippen molar-refractivity contribution in [2.75, 3.05) is 6.54 Å². The van der Waals surface area contributed by atoms with Crippen molar-refractivity contribution in [3.05, 3.63) is 72.4 Å². The number of para-hydroxylation sites is 2. The number of hydrogen-bond acceptors (Lipinski definition) is 3. The molecule has 32 heavy (non-hydrogen) atoms. The number of carbonyl (C=O) groups is 1. The highest BCUT2D eigenvalue weighted by Crippen LogP contribution is 2.37. The average molecular weight is 427 g/mol. The van der Waals surface area contributed by atoms with Crippen LogP contribution in [-0.4, -0.2) is 22.2 Å². The molecule has 3 N–H and O–H groups in total. The fourth-order valence-electron chi connectivity index (χ4n) is 4.61. The molecular weight excluding hydrogens is 400 g/mol. The number of fused-ring (bicyclic) bond motifs is 4. The predicted molar refractivity (Wildman–Crippen MR) is 129 cm³/mol. The van der Waals surface area contributed by atoms with Crippen LogP contribution in [0.3, 0.4) is 0 Å². The normalized spacial score (nSPS) is 11.7. The van der Waals surface area contributed by atoms with Gasteiger partial charge in [-0.3, -0.25) is 4.79 Å². The Hall–Kier alpha value is -3.57.